The number of halogens is 2. The fourth-order valence-corrected chi connectivity index (χ4v) is 5.09. The minimum absolute atomic E-state index is 0.117. The Kier molecular flexibility index (Phi) is 5.89. The lowest BCUT2D eigenvalue weighted by Gasteiger charge is -2.23. The number of benzene rings is 3. The van der Waals surface area contributed by atoms with E-state index < -0.39 is 35.1 Å². The number of phenolic OH excluding ortho intramolecular Hbond substituents is 1. The summed E-state index contributed by atoms with van der Waals surface area (Å²) in [6.07, 6.45) is 0. The highest BCUT2D eigenvalue weighted by Gasteiger charge is 2.48. The molecule has 1 saturated heterocycles. The van der Waals surface area contributed by atoms with Crippen molar-refractivity contribution in [3.63, 3.8) is 0 Å². The summed E-state index contributed by atoms with van der Waals surface area (Å²) < 4.78 is 33.2. The van der Waals surface area contributed by atoms with Crippen LogP contribution in [-0.2, 0) is 9.59 Å². The van der Waals surface area contributed by atoms with Crippen LogP contribution < -0.4 is 9.64 Å². The van der Waals surface area contributed by atoms with Crippen molar-refractivity contribution in [2.45, 2.75) is 13.0 Å². The average Bonchev–Trinajstić information content (AvgIpc) is 3.38. The third-order valence-corrected chi connectivity index (χ3v) is 6.72. The SMILES string of the molecule is CCOc1cc(C2C(=C(O)c3ccc(F)cc3)C(=O)C(=O)N2c2nc3ccc(F)cc3s2)ccc1O. The van der Waals surface area contributed by atoms with Crippen LogP contribution in [0.1, 0.15) is 24.1 Å². The number of phenols is 1. The number of hydrogen-bond acceptors (Lipinski definition) is 7. The predicted molar refractivity (Wildman–Crippen MR) is 130 cm³/mol. The molecule has 1 aromatic heterocycles. The fourth-order valence-electron chi connectivity index (χ4n) is 4.07. The van der Waals surface area contributed by atoms with E-state index in [4.69, 9.17) is 4.74 Å². The summed E-state index contributed by atoms with van der Waals surface area (Å²) in [6, 6.07) is 11.9. The van der Waals surface area contributed by atoms with E-state index in [9.17, 15) is 28.6 Å². The van der Waals surface area contributed by atoms with Crippen molar-refractivity contribution < 1.29 is 33.3 Å². The maximum atomic E-state index is 13.8. The van der Waals surface area contributed by atoms with Crippen LogP contribution >= 0.6 is 11.3 Å². The molecule has 2 N–H and O–H groups in total. The largest absolute Gasteiger partial charge is 0.507 e. The number of rotatable bonds is 5. The number of hydrogen-bond donors (Lipinski definition) is 2. The number of aromatic hydroxyl groups is 1. The van der Waals surface area contributed by atoms with Gasteiger partial charge >= 0.3 is 5.91 Å². The van der Waals surface area contributed by atoms with Crippen LogP contribution in [-0.4, -0.2) is 33.5 Å². The van der Waals surface area contributed by atoms with E-state index in [0.29, 0.717) is 15.8 Å². The van der Waals surface area contributed by atoms with Crippen LogP contribution in [0.15, 0.2) is 66.2 Å². The molecule has 1 fully saturated rings. The normalized spacial score (nSPS) is 17.2. The molecule has 36 heavy (non-hydrogen) atoms. The Labute approximate surface area is 207 Å². The Hall–Kier alpha value is -4.31. The van der Waals surface area contributed by atoms with Crippen molar-refractivity contribution in [1.29, 1.82) is 0 Å². The Bertz CT molecular complexity index is 1550. The summed E-state index contributed by atoms with van der Waals surface area (Å²) in [7, 11) is 0. The van der Waals surface area contributed by atoms with Crippen molar-refractivity contribution in [1.82, 2.24) is 4.98 Å². The summed E-state index contributed by atoms with van der Waals surface area (Å²) in [5.41, 5.74) is 0.667. The molecule has 4 aromatic rings. The van der Waals surface area contributed by atoms with Gasteiger partial charge in [0.05, 0.1) is 28.4 Å². The van der Waals surface area contributed by atoms with Crippen LogP contribution in [0.2, 0.25) is 0 Å². The van der Waals surface area contributed by atoms with Crippen LogP contribution in [0, 0.1) is 11.6 Å². The lowest BCUT2D eigenvalue weighted by molar-refractivity contribution is -0.132. The molecule has 7 nitrogen and oxygen atoms in total. The third-order valence-electron chi connectivity index (χ3n) is 5.71. The van der Waals surface area contributed by atoms with Crippen molar-refractivity contribution >= 4 is 44.1 Å². The van der Waals surface area contributed by atoms with E-state index in [1.165, 1.54) is 48.5 Å². The highest BCUT2D eigenvalue weighted by atomic mass is 32.1. The molecule has 1 aliphatic rings. The molecule has 1 amide bonds. The van der Waals surface area contributed by atoms with Crippen LogP contribution in [0.25, 0.3) is 16.0 Å². The lowest BCUT2D eigenvalue weighted by atomic mass is 9.95. The maximum Gasteiger partial charge on any atom is 0.301 e. The second-order valence-electron chi connectivity index (χ2n) is 7.94. The smallest absolute Gasteiger partial charge is 0.301 e. The van der Waals surface area contributed by atoms with Crippen molar-refractivity contribution in [2.75, 3.05) is 11.5 Å². The molecule has 2 heterocycles. The number of aliphatic hydroxyl groups excluding tert-OH is 1. The van der Waals surface area contributed by atoms with Crippen molar-refractivity contribution in [2.24, 2.45) is 0 Å². The van der Waals surface area contributed by atoms with Crippen LogP contribution in [0.3, 0.4) is 0 Å². The summed E-state index contributed by atoms with van der Waals surface area (Å²) in [4.78, 5) is 32.1. The number of carbonyl (C=O) groups is 2. The second-order valence-corrected chi connectivity index (χ2v) is 8.95. The molecule has 5 rings (SSSR count). The average molecular weight is 509 g/mol. The van der Waals surface area contributed by atoms with Gasteiger partial charge in [-0.2, -0.15) is 0 Å². The van der Waals surface area contributed by atoms with Gasteiger partial charge in [-0.25, -0.2) is 13.8 Å². The van der Waals surface area contributed by atoms with Gasteiger partial charge < -0.3 is 14.9 Å². The van der Waals surface area contributed by atoms with E-state index in [0.717, 1.165) is 28.4 Å². The molecule has 3 aromatic carbocycles. The predicted octanol–water partition coefficient (Wildman–Crippen LogP) is 5.31. The highest BCUT2D eigenvalue weighted by molar-refractivity contribution is 7.22. The third kappa shape index (κ3) is 3.95. The van der Waals surface area contributed by atoms with Gasteiger partial charge in [0.15, 0.2) is 16.6 Å². The summed E-state index contributed by atoms with van der Waals surface area (Å²) in [5.74, 6) is -3.47. The Morgan fingerprint density at radius 1 is 1.06 bits per heavy atom. The zero-order valence-electron chi connectivity index (χ0n) is 18.7. The summed E-state index contributed by atoms with van der Waals surface area (Å²) in [6.45, 7) is 1.98. The van der Waals surface area contributed by atoms with E-state index >= 15 is 0 Å². The maximum absolute atomic E-state index is 13.8. The monoisotopic (exact) mass is 508 g/mol. The van der Waals surface area contributed by atoms with E-state index in [1.807, 2.05) is 0 Å². The van der Waals surface area contributed by atoms with Gasteiger partial charge in [0.2, 0.25) is 0 Å². The van der Waals surface area contributed by atoms with Crippen molar-refractivity contribution in [3.05, 3.63) is 89.0 Å². The lowest BCUT2D eigenvalue weighted by Crippen LogP contribution is -2.29. The first-order valence-electron chi connectivity index (χ1n) is 10.9. The number of amides is 1. The topological polar surface area (TPSA) is 100.0 Å². The number of thiazole rings is 1. The molecule has 0 bridgehead atoms. The number of carbonyl (C=O) groups excluding carboxylic acids is 2. The van der Waals surface area contributed by atoms with Crippen LogP contribution in [0.5, 0.6) is 11.5 Å². The number of ether oxygens (including phenoxy) is 1. The fraction of sp³-hybridized carbons (Fsp3) is 0.115. The zero-order chi connectivity index (χ0) is 25.6. The molecule has 1 atom stereocenters. The standard InChI is InChI=1S/C26H18F2N2O5S/c1-2-35-19-11-14(5-10-18(19)31)22-21(23(32)13-3-6-15(27)7-4-13)24(33)25(34)30(22)26-29-17-9-8-16(28)12-20(17)36-26/h3-12,22,31-32H,2H2,1H3. The molecule has 10 heteroatoms. The molecule has 0 spiro atoms. The number of aromatic nitrogens is 1. The van der Waals surface area contributed by atoms with Gasteiger partial charge in [0, 0.05) is 5.56 Å². The Morgan fingerprint density at radius 3 is 2.50 bits per heavy atom. The first kappa shape index (κ1) is 23.4. The molecular formula is C26H18F2N2O5S. The number of Topliss-reactive ketones (excluding diaryl/α,β-unsaturated/α-hetero) is 1. The number of ketones is 1. The van der Waals surface area contributed by atoms with E-state index in [1.54, 1.807) is 6.92 Å². The number of anilines is 1. The van der Waals surface area contributed by atoms with E-state index in [2.05, 4.69) is 4.98 Å². The molecule has 1 unspecified atom stereocenters. The molecular weight excluding hydrogens is 490 g/mol. The minimum atomic E-state index is -1.15. The molecule has 0 saturated carbocycles. The first-order valence-corrected chi connectivity index (χ1v) is 11.7. The number of aliphatic hydroxyl groups is 1. The molecule has 1 aliphatic heterocycles. The molecule has 0 aliphatic carbocycles. The Morgan fingerprint density at radius 2 is 1.78 bits per heavy atom. The summed E-state index contributed by atoms with van der Waals surface area (Å²) >= 11 is 1.01. The van der Waals surface area contributed by atoms with Gasteiger partial charge in [-0.1, -0.05) is 17.4 Å². The number of nitrogens with zero attached hydrogens (tertiary/aromatic N) is 2. The highest BCUT2D eigenvalue weighted by Crippen LogP contribution is 2.45. The summed E-state index contributed by atoms with van der Waals surface area (Å²) in [5, 5.41) is 21.4. The van der Waals surface area contributed by atoms with Gasteiger partial charge in [-0.15, -0.1) is 0 Å². The number of fused-ring (bicyclic) bond motifs is 1. The van der Waals surface area contributed by atoms with Gasteiger partial charge in [0.25, 0.3) is 5.78 Å². The van der Waals surface area contributed by atoms with Gasteiger partial charge in [-0.3, -0.25) is 14.5 Å². The quantitative estimate of drug-likeness (QED) is 0.216. The Balaban J connectivity index is 1.74. The second kappa shape index (κ2) is 9.04. The minimum Gasteiger partial charge on any atom is -0.507 e. The van der Waals surface area contributed by atoms with Gasteiger partial charge in [0.1, 0.15) is 17.4 Å². The first-order chi connectivity index (χ1) is 17.3. The molecule has 182 valence electrons. The van der Waals surface area contributed by atoms with E-state index in [-0.39, 0.29) is 34.4 Å². The van der Waals surface area contributed by atoms with Crippen molar-refractivity contribution in [3.8, 4) is 11.5 Å². The molecule has 0 radical (unpaired) electrons. The van der Waals surface area contributed by atoms with Crippen LogP contribution in [0.4, 0.5) is 13.9 Å². The zero-order valence-corrected chi connectivity index (χ0v) is 19.6. The van der Waals surface area contributed by atoms with Gasteiger partial charge in [-0.05, 0) is 67.1 Å².